The van der Waals surface area contributed by atoms with Crippen molar-refractivity contribution in [1.29, 1.82) is 0 Å². The summed E-state index contributed by atoms with van der Waals surface area (Å²) in [6.07, 6.45) is 9.14. The summed E-state index contributed by atoms with van der Waals surface area (Å²) in [7, 11) is 0. The van der Waals surface area contributed by atoms with Crippen molar-refractivity contribution in [2.75, 3.05) is 0 Å². The van der Waals surface area contributed by atoms with Gasteiger partial charge < -0.3 is 9.15 Å². The normalized spacial score (nSPS) is 20.8. The zero-order valence-corrected chi connectivity index (χ0v) is 7.16. The number of furan rings is 1. The number of allylic oxidation sites excluding steroid dienone is 2. The van der Waals surface area contributed by atoms with E-state index in [0.29, 0.717) is 0 Å². The molecule has 1 aliphatic rings. The third-order valence-electron chi connectivity index (χ3n) is 1.40. The molecule has 0 aromatic carbocycles. The maximum atomic E-state index is 5.29. The molecule has 0 spiro atoms. The van der Waals surface area contributed by atoms with Gasteiger partial charge in [-0.2, -0.15) is 0 Å². The van der Waals surface area contributed by atoms with Crippen LogP contribution in [0.15, 0.2) is 52.4 Å². The van der Waals surface area contributed by atoms with Crippen LogP contribution >= 0.6 is 11.8 Å². The lowest BCUT2D eigenvalue weighted by atomic mass is 10.4. The van der Waals surface area contributed by atoms with Crippen LogP contribution in [0.25, 0.3) is 0 Å². The van der Waals surface area contributed by atoms with Crippen LogP contribution in [-0.4, -0.2) is 5.44 Å². The number of hydrogen-bond donors (Lipinski definition) is 0. The monoisotopic (exact) mass is 180 g/mol. The van der Waals surface area contributed by atoms with Gasteiger partial charge in [0.2, 0.25) is 0 Å². The molecule has 2 rings (SSSR count). The van der Waals surface area contributed by atoms with E-state index in [-0.39, 0.29) is 5.44 Å². The van der Waals surface area contributed by atoms with Crippen LogP contribution in [0.4, 0.5) is 0 Å². The summed E-state index contributed by atoms with van der Waals surface area (Å²) in [4.78, 5) is 0. The molecule has 0 amide bonds. The van der Waals surface area contributed by atoms with Gasteiger partial charge in [0.25, 0.3) is 0 Å². The fourth-order valence-electron chi connectivity index (χ4n) is 0.880. The van der Waals surface area contributed by atoms with Crippen LogP contribution in [0.5, 0.6) is 0 Å². The first-order valence-corrected chi connectivity index (χ1v) is 4.52. The highest BCUT2D eigenvalue weighted by molar-refractivity contribution is 7.99. The molecule has 1 aromatic rings. The number of thioether (sulfide) groups is 1. The van der Waals surface area contributed by atoms with Gasteiger partial charge in [0.1, 0.15) is 0 Å². The standard InChI is InChI=1S/C9H8O2S/c1-2-6-10-8(4-1)12-9-5-3-7-11-9/h1-8H. The molecular weight excluding hydrogens is 172 g/mol. The van der Waals surface area contributed by atoms with Crippen LogP contribution in [0, 0.1) is 0 Å². The summed E-state index contributed by atoms with van der Waals surface area (Å²) >= 11 is 1.54. The molecule has 0 fully saturated rings. The Morgan fingerprint density at radius 1 is 1.33 bits per heavy atom. The molecular formula is C9H8O2S. The minimum atomic E-state index is 0.0427. The lowest BCUT2D eigenvalue weighted by Gasteiger charge is -2.11. The molecule has 3 heteroatoms. The van der Waals surface area contributed by atoms with Crippen molar-refractivity contribution in [3.8, 4) is 0 Å². The van der Waals surface area contributed by atoms with E-state index in [1.807, 2.05) is 30.4 Å². The quantitative estimate of drug-likeness (QED) is 0.698. The van der Waals surface area contributed by atoms with Gasteiger partial charge in [0.15, 0.2) is 10.5 Å². The Bertz CT molecular complexity index is 287. The SMILES string of the molecule is C1=COC(Sc2ccco2)C=C1. The molecule has 2 heterocycles. The molecule has 0 N–H and O–H groups in total. The van der Waals surface area contributed by atoms with Gasteiger partial charge in [-0.25, -0.2) is 0 Å². The molecule has 2 nitrogen and oxygen atoms in total. The summed E-state index contributed by atoms with van der Waals surface area (Å²) in [5, 5.41) is 0.875. The van der Waals surface area contributed by atoms with Crippen LogP contribution in [-0.2, 0) is 4.74 Å². The van der Waals surface area contributed by atoms with Gasteiger partial charge in [0.05, 0.1) is 12.5 Å². The van der Waals surface area contributed by atoms with Crippen LogP contribution in [0.1, 0.15) is 0 Å². The second-order valence-corrected chi connectivity index (χ2v) is 3.37. The third-order valence-corrected chi connectivity index (χ3v) is 2.36. The predicted octanol–water partition coefficient (Wildman–Crippen LogP) is 2.80. The fraction of sp³-hybridized carbons (Fsp3) is 0.111. The van der Waals surface area contributed by atoms with Crippen molar-refractivity contribution >= 4 is 11.8 Å². The van der Waals surface area contributed by atoms with Crippen molar-refractivity contribution in [2.24, 2.45) is 0 Å². The Kier molecular flexibility index (Phi) is 2.23. The van der Waals surface area contributed by atoms with Crippen molar-refractivity contribution in [1.82, 2.24) is 0 Å². The molecule has 0 saturated carbocycles. The largest absolute Gasteiger partial charge is 0.483 e. The van der Waals surface area contributed by atoms with E-state index in [1.165, 1.54) is 0 Å². The molecule has 12 heavy (non-hydrogen) atoms. The second-order valence-electron chi connectivity index (χ2n) is 2.27. The van der Waals surface area contributed by atoms with Crippen molar-refractivity contribution in [3.05, 3.63) is 42.9 Å². The molecule has 1 aliphatic heterocycles. The van der Waals surface area contributed by atoms with E-state index in [4.69, 9.17) is 9.15 Å². The first kappa shape index (κ1) is 7.55. The average molecular weight is 180 g/mol. The maximum Gasteiger partial charge on any atom is 0.169 e. The molecule has 62 valence electrons. The molecule has 1 unspecified atom stereocenters. The fourth-order valence-corrected chi connectivity index (χ4v) is 1.67. The van der Waals surface area contributed by atoms with E-state index < -0.39 is 0 Å². The van der Waals surface area contributed by atoms with Crippen molar-refractivity contribution in [2.45, 2.75) is 10.5 Å². The van der Waals surface area contributed by atoms with E-state index in [9.17, 15) is 0 Å². The highest BCUT2D eigenvalue weighted by Crippen LogP contribution is 2.26. The molecule has 0 aliphatic carbocycles. The van der Waals surface area contributed by atoms with Gasteiger partial charge in [-0.15, -0.1) is 0 Å². The van der Waals surface area contributed by atoms with Crippen LogP contribution in [0.2, 0.25) is 0 Å². The van der Waals surface area contributed by atoms with E-state index in [1.54, 1.807) is 24.3 Å². The zero-order valence-electron chi connectivity index (χ0n) is 6.34. The Hall–Kier alpha value is -1.09. The minimum Gasteiger partial charge on any atom is -0.483 e. The highest BCUT2D eigenvalue weighted by Gasteiger charge is 2.09. The van der Waals surface area contributed by atoms with Gasteiger partial charge in [0, 0.05) is 0 Å². The summed E-state index contributed by atoms with van der Waals surface area (Å²) in [6.45, 7) is 0. The predicted molar refractivity (Wildman–Crippen MR) is 47.7 cm³/mol. The van der Waals surface area contributed by atoms with Crippen LogP contribution < -0.4 is 0 Å². The number of hydrogen-bond acceptors (Lipinski definition) is 3. The van der Waals surface area contributed by atoms with Gasteiger partial charge in [-0.3, -0.25) is 0 Å². The lowest BCUT2D eigenvalue weighted by molar-refractivity contribution is 0.255. The van der Waals surface area contributed by atoms with Gasteiger partial charge in [-0.05, 0) is 36.0 Å². The van der Waals surface area contributed by atoms with E-state index in [0.717, 1.165) is 5.09 Å². The summed E-state index contributed by atoms with van der Waals surface area (Å²) < 4.78 is 10.4. The van der Waals surface area contributed by atoms with E-state index in [2.05, 4.69) is 0 Å². The average Bonchev–Trinajstić information content (AvgIpc) is 2.59. The zero-order chi connectivity index (χ0) is 8.23. The molecule has 1 atom stereocenters. The van der Waals surface area contributed by atoms with Crippen molar-refractivity contribution < 1.29 is 9.15 Å². The first-order valence-electron chi connectivity index (χ1n) is 3.64. The van der Waals surface area contributed by atoms with Gasteiger partial charge in [-0.1, -0.05) is 6.08 Å². The third kappa shape index (κ3) is 1.74. The van der Waals surface area contributed by atoms with Gasteiger partial charge >= 0.3 is 0 Å². The number of ether oxygens (including phenoxy) is 1. The molecule has 0 bridgehead atoms. The lowest BCUT2D eigenvalue weighted by Crippen LogP contribution is -2.01. The minimum absolute atomic E-state index is 0.0427. The Morgan fingerprint density at radius 2 is 2.33 bits per heavy atom. The number of rotatable bonds is 2. The summed E-state index contributed by atoms with van der Waals surface area (Å²) in [5.74, 6) is 0. The maximum absolute atomic E-state index is 5.29. The Balaban J connectivity index is 1.96. The second kappa shape index (κ2) is 3.54. The summed E-state index contributed by atoms with van der Waals surface area (Å²) in [6, 6.07) is 3.78. The van der Waals surface area contributed by atoms with Crippen LogP contribution in [0.3, 0.4) is 0 Å². The van der Waals surface area contributed by atoms with E-state index >= 15 is 0 Å². The molecule has 0 saturated heterocycles. The highest BCUT2D eigenvalue weighted by atomic mass is 32.2. The Labute approximate surface area is 74.9 Å². The Morgan fingerprint density at radius 3 is 3.00 bits per heavy atom. The molecule has 0 radical (unpaired) electrons. The smallest absolute Gasteiger partial charge is 0.169 e. The first-order chi connectivity index (χ1) is 5.95. The topological polar surface area (TPSA) is 22.4 Å². The van der Waals surface area contributed by atoms with Crippen molar-refractivity contribution in [3.63, 3.8) is 0 Å². The molecule has 1 aromatic heterocycles. The summed E-state index contributed by atoms with van der Waals surface area (Å²) in [5.41, 5.74) is 0.0427.